The van der Waals surface area contributed by atoms with E-state index in [0.717, 1.165) is 6.07 Å². The molecule has 0 fully saturated rings. The minimum absolute atomic E-state index is 0.00471. The van der Waals surface area contributed by atoms with Gasteiger partial charge in [0.15, 0.2) is 0 Å². The molecule has 17 heavy (non-hydrogen) atoms. The number of nitrogens with two attached hydrogens (primary N) is 1. The Morgan fingerprint density at radius 3 is 2.65 bits per heavy atom. The molecule has 0 saturated carbocycles. The molecule has 0 saturated heterocycles. The molecule has 0 radical (unpaired) electrons. The predicted octanol–water partition coefficient (Wildman–Crippen LogP) is 2.74. The summed E-state index contributed by atoms with van der Waals surface area (Å²) in [5.41, 5.74) is 4.48. The fraction of sp³-hybridized carbons (Fsp3) is 0.300. The number of nitrogens with zero attached hydrogens (tertiary/aromatic N) is 1. The number of halogens is 4. The minimum Gasteiger partial charge on any atom is -0.463 e. The lowest BCUT2D eigenvalue weighted by molar-refractivity contribution is -0.138. The van der Waals surface area contributed by atoms with Crippen LogP contribution in [0.15, 0.2) is 23.2 Å². The minimum atomic E-state index is -4.45. The maximum atomic E-state index is 12.8. The first-order valence-corrected chi connectivity index (χ1v) is 5.08. The van der Waals surface area contributed by atoms with Gasteiger partial charge < -0.3 is 10.5 Å². The fourth-order valence-corrected chi connectivity index (χ4v) is 1.80. The zero-order chi connectivity index (χ0) is 12.6. The lowest BCUT2D eigenvalue weighted by Crippen LogP contribution is -2.12. The van der Waals surface area contributed by atoms with Crippen molar-refractivity contribution in [2.24, 2.45) is 10.7 Å². The van der Waals surface area contributed by atoms with Gasteiger partial charge in [-0.2, -0.15) is 13.2 Å². The molecular formula is C10H8ClF3N2O. The van der Waals surface area contributed by atoms with Crippen molar-refractivity contribution in [1.29, 1.82) is 0 Å². The molecule has 2 N–H and O–H groups in total. The van der Waals surface area contributed by atoms with Gasteiger partial charge in [-0.15, -0.1) is 0 Å². The summed E-state index contributed by atoms with van der Waals surface area (Å²) < 4.78 is 43.1. The zero-order valence-electron chi connectivity index (χ0n) is 8.46. The molecule has 0 aliphatic carbocycles. The van der Waals surface area contributed by atoms with Crippen molar-refractivity contribution in [3.63, 3.8) is 0 Å². The summed E-state index contributed by atoms with van der Waals surface area (Å²) >= 11 is 5.69. The van der Waals surface area contributed by atoms with Crippen LogP contribution >= 0.6 is 11.6 Å². The van der Waals surface area contributed by atoms with Crippen molar-refractivity contribution in [1.82, 2.24) is 0 Å². The molecule has 1 aliphatic rings. The second-order valence-electron chi connectivity index (χ2n) is 3.52. The number of amidine groups is 1. The largest absolute Gasteiger partial charge is 0.463 e. The first-order valence-electron chi connectivity index (χ1n) is 4.70. The van der Waals surface area contributed by atoms with Gasteiger partial charge >= 0.3 is 6.18 Å². The average Bonchev–Trinajstić information content (AvgIpc) is 2.62. The van der Waals surface area contributed by atoms with Crippen LogP contribution in [0.4, 0.5) is 13.2 Å². The highest BCUT2D eigenvalue weighted by atomic mass is 35.5. The lowest BCUT2D eigenvalue weighted by Gasteiger charge is -2.15. The topological polar surface area (TPSA) is 47.6 Å². The van der Waals surface area contributed by atoms with E-state index in [4.69, 9.17) is 22.1 Å². The van der Waals surface area contributed by atoms with E-state index in [1.54, 1.807) is 0 Å². The van der Waals surface area contributed by atoms with E-state index in [9.17, 15) is 13.2 Å². The van der Waals surface area contributed by atoms with Crippen LogP contribution in [0.3, 0.4) is 0 Å². The van der Waals surface area contributed by atoms with Crippen LogP contribution < -0.4 is 5.73 Å². The molecular weight excluding hydrogens is 257 g/mol. The van der Waals surface area contributed by atoms with Gasteiger partial charge in [-0.1, -0.05) is 11.6 Å². The van der Waals surface area contributed by atoms with Crippen LogP contribution in [-0.2, 0) is 10.9 Å². The molecule has 0 aromatic heterocycles. The number of ether oxygens (including phenoxy) is 1. The summed E-state index contributed by atoms with van der Waals surface area (Å²) in [6.07, 6.45) is -4.45. The number of benzene rings is 1. The Kier molecular flexibility index (Phi) is 2.91. The second-order valence-corrected chi connectivity index (χ2v) is 3.96. The number of aliphatic imine (C=N–C) groups is 1. The van der Waals surface area contributed by atoms with Crippen molar-refractivity contribution in [2.45, 2.75) is 12.2 Å². The Labute approximate surface area is 100 Å². The van der Waals surface area contributed by atoms with Gasteiger partial charge in [0.05, 0.1) is 5.56 Å². The van der Waals surface area contributed by atoms with Gasteiger partial charge in [0.1, 0.15) is 12.6 Å². The highest BCUT2D eigenvalue weighted by Gasteiger charge is 2.36. The zero-order valence-corrected chi connectivity index (χ0v) is 9.22. The van der Waals surface area contributed by atoms with Crippen LogP contribution in [-0.4, -0.2) is 12.6 Å². The molecule has 1 aromatic carbocycles. The highest BCUT2D eigenvalue weighted by Crippen LogP contribution is 2.38. The monoisotopic (exact) mass is 264 g/mol. The summed E-state index contributed by atoms with van der Waals surface area (Å²) in [7, 11) is 0. The van der Waals surface area contributed by atoms with E-state index in [-0.39, 0.29) is 23.2 Å². The third-order valence-corrected chi connectivity index (χ3v) is 2.59. The van der Waals surface area contributed by atoms with Crippen LogP contribution in [0.2, 0.25) is 5.02 Å². The quantitative estimate of drug-likeness (QED) is 0.848. The van der Waals surface area contributed by atoms with Gasteiger partial charge in [0.2, 0.25) is 0 Å². The Morgan fingerprint density at radius 1 is 1.41 bits per heavy atom. The predicted molar refractivity (Wildman–Crippen MR) is 56.8 cm³/mol. The fourth-order valence-electron chi connectivity index (χ4n) is 1.62. The molecule has 1 aromatic rings. The number of alkyl halides is 3. The number of hydrogen-bond acceptors (Lipinski definition) is 3. The van der Waals surface area contributed by atoms with E-state index in [0.29, 0.717) is 0 Å². The first kappa shape index (κ1) is 12.0. The summed E-state index contributed by atoms with van der Waals surface area (Å²) in [6.45, 7) is -0.00471. The first-order chi connectivity index (χ1) is 7.88. The van der Waals surface area contributed by atoms with Gasteiger partial charge in [-0.05, 0) is 23.8 Å². The normalized spacial score (nSPS) is 20.0. The van der Waals surface area contributed by atoms with E-state index in [1.165, 1.54) is 12.1 Å². The molecule has 7 heteroatoms. The standard InChI is InChI=1S/C10H8ClF3N2O/c11-5-1-2-7(10(12,13)14)6(3-5)8-4-17-9(15)16-8/h1-3,8H,4H2,(H2,15,16)/t8-/m0/s1. The van der Waals surface area contributed by atoms with Crippen molar-refractivity contribution in [3.05, 3.63) is 34.3 Å². The van der Waals surface area contributed by atoms with E-state index < -0.39 is 17.8 Å². The molecule has 1 atom stereocenters. The molecule has 92 valence electrons. The third kappa shape index (κ3) is 2.46. The third-order valence-electron chi connectivity index (χ3n) is 2.35. The second kappa shape index (κ2) is 4.10. The maximum absolute atomic E-state index is 12.8. The van der Waals surface area contributed by atoms with Crippen molar-refractivity contribution in [2.75, 3.05) is 6.61 Å². The molecule has 1 aliphatic heterocycles. The maximum Gasteiger partial charge on any atom is 0.416 e. The molecule has 1 heterocycles. The van der Waals surface area contributed by atoms with Crippen molar-refractivity contribution < 1.29 is 17.9 Å². The van der Waals surface area contributed by atoms with Crippen LogP contribution in [0.1, 0.15) is 17.2 Å². The van der Waals surface area contributed by atoms with Gasteiger partial charge in [-0.25, -0.2) is 4.99 Å². The Bertz CT molecular complexity index is 473. The Hall–Kier alpha value is -1.43. The smallest absolute Gasteiger partial charge is 0.416 e. The van der Waals surface area contributed by atoms with Gasteiger partial charge in [-0.3, -0.25) is 0 Å². The highest BCUT2D eigenvalue weighted by molar-refractivity contribution is 6.30. The molecule has 0 unspecified atom stereocenters. The van der Waals surface area contributed by atoms with E-state index in [2.05, 4.69) is 4.99 Å². The molecule has 0 bridgehead atoms. The SMILES string of the molecule is NC1=N[C@H](c2cc(Cl)ccc2C(F)(F)F)CO1. The summed E-state index contributed by atoms with van der Waals surface area (Å²) in [6, 6.07) is 2.49. The van der Waals surface area contributed by atoms with Crippen molar-refractivity contribution >= 4 is 17.6 Å². The summed E-state index contributed by atoms with van der Waals surface area (Å²) in [5.74, 6) is 0. The average molecular weight is 265 g/mol. The van der Waals surface area contributed by atoms with Crippen LogP contribution in [0.5, 0.6) is 0 Å². The van der Waals surface area contributed by atoms with Crippen LogP contribution in [0.25, 0.3) is 0 Å². The molecule has 0 amide bonds. The summed E-state index contributed by atoms with van der Waals surface area (Å²) in [5, 5.41) is 0.216. The Balaban J connectivity index is 2.48. The van der Waals surface area contributed by atoms with Gasteiger partial charge in [0, 0.05) is 5.02 Å². The number of rotatable bonds is 1. The lowest BCUT2D eigenvalue weighted by atomic mass is 10.0. The summed E-state index contributed by atoms with van der Waals surface area (Å²) in [4.78, 5) is 3.79. The van der Waals surface area contributed by atoms with Crippen LogP contribution in [0, 0.1) is 0 Å². The molecule has 2 rings (SSSR count). The van der Waals surface area contributed by atoms with E-state index >= 15 is 0 Å². The molecule has 0 spiro atoms. The van der Waals surface area contributed by atoms with Crippen molar-refractivity contribution in [3.8, 4) is 0 Å². The van der Waals surface area contributed by atoms with E-state index in [1.807, 2.05) is 0 Å². The number of hydrogen-bond donors (Lipinski definition) is 1. The van der Waals surface area contributed by atoms with Gasteiger partial charge in [0.25, 0.3) is 6.02 Å². The molecule has 3 nitrogen and oxygen atoms in total. The Morgan fingerprint density at radius 2 is 2.12 bits per heavy atom.